The molecule has 0 radical (unpaired) electrons. The zero-order chi connectivity index (χ0) is 10.0. The number of anilines is 1. The highest BCUT2D eigenvalue weighted by atomic mass is 127. The van der Waals surface area contributed by atoms with Crippen LogP contribution in [0, 0.1) is 3.57 Å². The summed E-state index contributed by atoms with van der Waals surface area (Å²) in [6, 6.07) is 3.13. The second-order valence-electron chi connectivity index (χ2n) is 2.35. The van der Waals surface area contributed by atoms with Crippen molar-refractivity contribution in [1.29, 1.82) is 0 Å². The van der Waals surface area contributed by atoms with Crippen LogP contribution in [-0.2, 0) is 4.74 Å². The van der Waals surface area contributed by atoms with Gasteiger partial charge in [-0.15, -0.1) is 0 Å². The van der Waals surface area contributed by atoms with Crippen molar-refractivity contribution in [3.05, 3.63) is 26.3 Å². The van der Waals surface area contributed by atoms with Gasteiger partial charge in [-0.2, -0.15) is 0 Å². The fraction of sp³-hybridized carbons (Fsp3) is 0.125. The van der Waals surface area contributed by atoms with E-state index in [2.05, 4.69) is 4.74 Å². The fourth-order valence-electron chi connectivity index (χ4n) is 0.869. The molecule has 0 aliphatic heterocycles. The molecule has 0 spiro atoms. The van der Waals surface area contributed by atoms with Gasteiger partial charge in [-0.3, -0.25) is 0 Å². The molecule has 0 atom stereocenters. The summed E-state index contributed by atoms with van der Waals surface area (Å²) in [7, 11) is 1.31. The van der Waals surface area contributed by atoms with Gasteiger partial charge < -0.3 is 10.5 Å². The van der Waals surface area contributed by atoms with E-state index in [0.29, 0.717) is 19.8 Å². The summed E-state index contributed by atoms with van der Waals surface area (Å²) in [6.07, 6.45) is 0. The number of esters is 1. The average Bonchev–Trinajstić information content (AvgIpc) is 2.10. The molecule has 3 nitrogen and oxygen atoms in total. The van der Waals surface area contributed by atoms with E-state index in [-0.39, 0.29) is 0 Å². The van der Waals surface area contributed by atoms with Gasteiger partial charge in [0.2, 0.25) is 0 Å². The highest BCUT2D eigenvalue weighted by Crippen LogP contribution is 2.25. The monoisotopic (exact) mass is 311 g/mol. The number of nitrogen functional groups attached to an aromatic ring is 1. The Morgan fingerprint density at radius 1 is 1.62 bits per heavy atom. The van der Waals surface area contributed by atoms with Crippen molar-refractivity contribution in [2.75, 3.05) is 12.8 Å². The highest BCUT2D eigenvalue weighted by Gasteiger charge is 2.13. The molecule has 1 aromatic rings. The smallest absolute Gasteiger partial charge is 0.339 e. The summed E-state index contributed by atoms with van der Waals surface area (Å²) in [6.45, 7) is 0. The first-order valence-electron chi connectivity index (χ1n) is 3.39. The molecule has 1 rings (SSSR count). The third-order valence-electron chi connectivity index (χ3n) is 1.47. The summed E-state index contributed by atoms with van der Waals surface area (Å²) in [5.74, 6) is -0.432. The molecule has 0 aliphatic carbocycles. The Bertz CT molecular complexity index is 354. The predicted octanol–water partition coefficient (Wildman–Crippen LogP) is 2.31. The van der Waals surface area contributed by atoms with Crippen molar-refractivity contribution < 1.29 is 9.53 Å². The predicted molar refractivity (Wildman–Crippen MR) is 59.9 cm³/mol. The SMILES string of the molecule is COC(=O)c1cc(Cl)cc(N)c1I. The molecular formula is C8H7ClINO2. The Hall–Kier alpha value is -0.490. The van der Waals surface area contributed by atoms with Crippen molar-refractivity contribution in [3.63, 3.8) is 0 Å². The van der Waals surface area contributed by atoms with E-state index in [1.807, 2.05) is 22.6 Å². The molecule has 0 heterocycles. The molecule has 13 heavy (non-hydrogen) atoms. The second kappa shape index (κ2) is 4.15. The summed E-state index contributed by atoms with van der Waals surface area (Å²) in [5.41, 5.74) is 6.49. The minimum atomic E-state index is -0.432. The van der Waals surface area contributed by atoms with Gasteiger partial charge in [0, 0.05) is 10.7 Å². The van der Waals surface area contributed by atoms with Gasteiger partial charge in [0.05, 0.1) is 16.2 Å². The lowest BCUT2D eigenvalue weighted by Gasteiger charge is -2.05. The topological polar surface area (TPSA) is 52.3 Å². The maximum atomic E-state index is 11.2. The van der Waals surface area contributed by atoms with E-state index in [1.165, 1.54) is 13.2 Å². The fourth-order valence-corrected chi connectivity index (χ4v) is 1.63. The summed E-state index contributed by atoms with van der Waals surface area (Å²) >= 11 is 7.71. The molecule has 0 bridgehead atoms. The van der Waals surface area contributed by atoms with E-state index >= 15 is 0 Å². The molecular weight excluding hydrogens is 304 g/mol. The van der Waals surface area contributed by atoms with Gasteiger partial charge in [-0.1, -0.05) is 11.6 Å². The lowest BCUT2D eigenvalue weighted by Crippen LogP contribution is -2.05. The Balaban J connectivity index is 3.28. The van der Waals surface area contributed by atoms with Crippen LogP contribution < -0.4 is 5.73 Å². The lowest BCUT2D eigenvalue weighted by molar-refractivity contribution is 0.0599. The lowest BCUT2D eigenvalue weighted by atomic mass is 10.2. The van der Waals surface area contributed by atoms with E-state index < -0.39 is 5.97 Å². The number of methoxy groups -OCH3 is 1. The number of halogens is 2. The maximum Gasteiger partial charge on any atom is 0.339 e. The van der Waals surface area contributed by atoms with Crippen molar-refractivity contribution in [2.45, 2.75) is 0 Å². The van der Waals surface area contributed by atoms with E-state index in [4.69, 9.17) is 17.3 Å². The number of hydrogen-bond donors (Lipinski definition) is 1. The van der Waals surface area contributed by atoms with Crippen LogP contribution in [0.4, 0.5) is 5.69 Å². The molecule has 0 saturated carbocycles. The Morgan fingerprint density at radius 3 is 2.77 bits per heavy atom. The maximum absolute atomic E-state index is 11.2. The van der Waals surface area contributed by atoms with Crippen LogP contribution in [0.25, 0.3) is 0 Å². The first-order chi connectivity index (χ1) is 6.06. The van der Waals surface area contributed by atoms with Crippen LogP contribution in [0.3, 0.4) is 0 Å². The van der Waals surface area contributed by atoms with Gasteiger partial charge in [0.25, 0.3) is 0 Å². The standard InChI is InChI=1S/C8H7ClINO2/c1-13-8(12)5-2-4(9)3-6(11)7(5)10/h2-3H,11H2,1H3. The normalized spacial score (nSPS) is 9.77. The largest absolute Gasteiger partial charge is 0.465 e. The number of rotatable bonds is 1. The molecule has 5 heteroatoms. The number of carbonyl (C=O) groups excluding carboxylic acids is 1. The number of benzene rings is 1. The Labute approximate surface area is 94.3 Å². The minimum absolute atomic E-state index is 0.396. The van der Waals surface area contributed by atoms with Crippen LogP contribution in [0.5, 0.6) is 0 Å². The molecule has 0 fully saturated rings. The van der Waals surface area contributed by atoms with Crippen LogP contribution in [0.15, 0.2) is 12.1 Å². The van der Waals surface area contributed by atoms with Crippen LogP contribution >= 0.6 is 34.2 Å². The zero-order valence-corrected chi connectivity index (χ0v) is 9.72. The Morgan fingerprint density at radius 2 is 2.23 bits per heavy atom. The van der Waals surface area contributed by atoms with Crippen molar-refractivity contribution in [2.24, 2.45) is 0 Å². The molecule has 0 amide bonds. The second-order valence-corrected chi connectivity index (χ2v) is 3.86. The van der Waals surface area contributed by atoms with Crippen molar-refractivity contribution >= 4 is 45.8 Å². The molecule has 0 unspecified atom stereocenters. The van der Waals surface area contributed by atoms with E-state index in [9.17, 15) is 4.79 Å². The third kappa shape index (κ3) is 2.25. The summed E-state index contributed by atoms with van der Waals surface area (Å²) in [5, 5.41) is 0.429. The molecule has 0 aliphatic rings. The summed E-state index contributed by atoms with van der Waals surface area (Å²) < 4.78 is 5.23. The molecule has 2 N–H and O–H groups in total. The van der Waals surface area contributed by atoms with Gasteiger partial charge in [-0.25, -0.2) is 4.79 Å². The van der Waals surface area contributed by atoms with E-state index in [0.717, 1.165) is 0 Å². The first-order valence-corrected chi connectivity index (χ1v) is 4.84. The van der Waals surface area contributed by atoms with Gasteiger partial charge in [0.15, 0.2) is 0 Å². The number of nitrogens with two attached hydrogens (primary N) is 1. The van der Waals surface area contributed by atoms with Crippen LogP contribution in [0.1, 0.15) is 10.4 Å². The molecule has 70 valence electrons. The van der Waals surface area contributed by atoms with Gasteiger partial charge in [0.1, 0.15) is 0 Å². The first kappa shape index (κ1) is 10.6. The highest BCUT2D eigenvalue weighted by molar-refractivity contribution is 14.1. The van der Waals surface area contributed by atoms with Crippen molar-refractivity contribution in [3.8, 4) is 0 Å². The third-order valence-corrected chi connectivity index (χ3v) is 2.89. The van der Waals surface area contributed by atoms with Crippen molar-refractivity contribution in [1.82, 2.24) is 0 Å². The number of hydrogen-bond acceptors (Lipinski definition) is 3. The molecule has 0 aromatic heterocycles. The summed E-state index contributed by atoms with van der Waals surface area (Å²) in [4.78, 5) is 11.2. The van der Waals surface area contributed by atoms with Gasteiger partial charge in [-0.05, 0) is 34.7 Å². The van der Waals surface area contributed by atoms with Gasteiger partial charge >= 0.3 is 5.97 Å². The molecule has 0 saturated heterocycles. The zero-order valence-electron chi connectivity index (χ0n) is 6.80. The Kier molecular flexibility index (Phi) is 3.38. The quantitative estimate of drug-likeness (QED) is 0.492. The van der Waals surface area contributed by atoms with Crippen LogP contribution in [0.2, 0.25) is 5.02 Å². The molecule has 1 aromatic carbocycles. The number of carbonyl (C=O) groups is 1. The number of ether oxygens (including phenoxy) is 1. The average molecular weight is 312 g/mol. The van der Waals surface area contributed by atoms with E-state index in [1.54, 1.807) is 6.07 Å². The van der Waals surface area contributed by atoms with Crippen LogP contribution in [-0.4, -0.2) is 13.1 Å². The minimum Gasteiger partial charge on any atom is -0.465 e.